The first-order chi connectivity index (χ1) is 7.74. The van der Waals surface area contributed by atoms with E-state index >= 15 is 0 Å². The van der Waals surface area contributed by atoms with E-state index in [-0.39, 0.29) is 11.7 Å². The summed E-state index contributed by atoms with van der Waals surface area (Å²) in [6.45, 7) is 4.82. The molecule has 0 amide bonds. The van der Waals surface area contributed by atoms with Gasteiger partial charge < -0.3 is 10.5 Å². The Kier molecular flexibility index (Phi) is 4.99. The van der Waals surface area contributed by atoms with E-state index in [1.165, 1.54) is 0 Å². The van der Waals surface area contributed by atoms with E-state index in [1.54, 1.807) is 6.07 Å². The minimum atomic E-state index is -0.110. The van der Waals surface area contributed by atoms with Crippen molar-refractivity contribution < 1.29 is 9.53 Å². The van der Waals surface area contributed by atoms with Gasteiger partial charge in [0, 0.05) is 12.5 Å². The Morgan fingerprint density at radius 2 is 2.06 bits per heavy atom. The van der Waals surface area contributed by atoms with E-state index in [9.17, 15) is 4.79 Å². The topological polar surface area (TPSA) is 52.3 Å². The molecule has 0 aliphatic heterocycles. The van der Waals surface area contributed by atoms with E-state index in [1.807, 2.05) is 32.0 Å². The molecular weight excluding hydrogens is 202 g/mol. The second kappa shape index (κ2) is 6.28. The molecule has 0 saturated heterocycles. The van der Waals surface area contributed by atoms with Gasteiger partial charge in [-0.25, -0.2) is 0 Å². The Bertz CT molecular complexity index is 346. The molecule has 0 spiro atoms. The van der Waals surface area contributed by atoms with E-state index in [4.69, 9.17) is 10.5 Å². The number of rotatable bonds is 6. The second-order valence-electron chi connectivity index (χ2n) is 3.63. The van der Waals surface area contributed by atoms with Crippen LogP contribution in [0.5, 0.6) is 5.75 Å². The highest BCUT2D eigenvalue weighted by Gasteiger charge is 2.19. The SMILES string of the molecule is CCOc1ccccc1C(=O)C(CC)CN. The molecule has 1 unspecified atom stereocenters. The van der Waals surface area contributed by atoms with Crippen molar-refractivity contribution >= 4 is 5.78 Å². The summed E-state index contributed by atoms with van der Waals surface area (Å²) in [5.74, 6) is 0.623. The fourth-order valence-corrected chi connectivity index (χ4v) is 1.63. The van der Waals surface area contributed by atoms with Crippen molar-refractivity contribution in [2.24, 2.45) is 11.7 Å². The summed E-state index contributed by atoms with van der Waals surface area (Å²) in [6, 6.07) is 7.33. The third-order valence-corrected chi connectivity index (χ3v) is 2.60. The zero-order chi connectivity index (χ0) is 12.0. The highest BCUT2D eigenvalue weighted by Crippen LogP contribution is 2.22. The predicted molar refractivity (Wildman–Crippen MR) is 64.8 cm³/mol. The number of para-hydroxylation sites is 1. The monoisotopic (exact) mass is 221 g/mol. The quantitative estimate of drug-likeness (QED) is 0.750. The van der Waals surface area contributed by atoms with Crippen molar-refractivity contribution in [2.45, 2.75) is 20.3 Å². The second-order valence-corrected chi connectivity index (χ2v) is 3.63. The molecule has 0 fully saturated rings. The minimum absolute atomic E-state index is 0.0778. The van der Waals surface area contributed by atoms with E-state index in [0.29, 0.717) is 24.5 Å². The first-order valence-corrected chi connectivity index (χ1v) is 5.70. The lowest BCUT2D eigenvalue weighted by atomic mass is 9.95. The molecule has 3 nitrogen and oxygen atoms in total. The Morgan fingerprint density at radius 3 is 2.62 bits per heavy atom. The number of carbonyl (C=O) groups excluding carboxylic acids is 1. The van der Waals surface area contributed by atoms with Crippen LogP contribution in [0.3, 0.4) is 0 Å². The largest absolute Gasteiger partial charge is 0.493 e. The number of hydrogen-bond acceptors (Lipinski definition) is 3. The van der Waals surface area contributed by atoms with Gasteiger partial charge in [0.25, 0.3) is 0 Å². The average Bonchev–Trinajstić information content (AvgIpc) is 2.31. The van der Waals surface area contributed by atoms with Crippen molar-refractivity contribution in [3.63, 3.8) is 0 Å². The predicted octanol–water partition coefficient (Wildman–Crippen LogP) is 2.25. The first kappa shape index (κ1) is 12.7. The Labute approximate surface area is 96.6 Å². The minimum Gasteiger partial charge on any atom is -0.493 e. The first-order valence-electron chi connectivity index (χ1n) is 5.70. The summed E-state index contributed by atoms with van der Waals surface area (Å²) in [6.07, 6.45) is 0.760. The van der Waals surface area contributed by atoms with E-state index < -0.39 is 0 Å². The van der Waals surface area contributed by atoms with Gasteiger partial charge in [-0.05, 0) is 25.5 Å². The molecule has 0 aromatic heterocycles. The van der Waals surface area contributed by atoms with Gasteiger partial charge in [-0.2, -0.15) is 0 Å². The summed E-state index contributed by atoms with van der Waals surface area (Å²) in [4.78, 5) is 12.1. The standard InChI is InChI=1S/C13H19NO2/c1-3-10(9-14)13(15)11-7-5-6-8-12(11)16-4-2/h5-8,10H,3-4,9,14H2,1-2H3. The van der Waals surface area contributed by atoms with Crippen LogP contribution in [0.25, 0.3) is 0 Å². The molecule has 0 heterocycles. The van der Waals surface area contributed by atoms with Gasteiger partial charge >= 0.3 is 0 Å². The summed E-state index contributed by atoms with van der Waals surface area (Å²) in [7, 11) is 0. The average molecular weight is 221 g/mol. The number of ketones is 1. The van der Waals surface area contributed by atoms with Crippen LogP contribution in [0, 0.1) is 5.92 Å². The third kappa shape index (κ3) is 2.83. The van der Waals surface area contributed by atoms with Crippen molar-refractivity contribution in [3.8, 4) is 5.75 Å². The fraction of sp³-hybridized carbons (Fsp3) is 0.462. The molecule has 0 aliphatic carbocycles. The van der Waals surface area contributed by atoms with Gasteiger partial charge in [-0.3, -0.25) is 4.79 Å². The van der Waals surface area contributed by atoms with E-state index in [0.717, 1.165) is 6.42 Å². The molecule has 0 radical (unpaired) electrons. The van der Waals surface area contributed by atoms with Crippen LogP contribution in [0.4, 0.5) is 0 Å². The molecule has 16 heavy (non-hydrogen) atoms. The molecule has 88 valence electrons. The van der Waals surface area contributed by atoms with Crippen molar-refractivity contribution in [1.82, 2.24) is 0 Å². The van der Waals surface area contributed by atoms with Gasteiger partial charge in [0.15, 0.2) is 5.78 Å². The number of hydrogen-bond donors (Lipinski definition) is 1. The number of Topliss-reactive ketones (excluding diaryl/α,β-unsaturated/α-hetero) is 1. The maximum absolute atomic E-state index is 12.1. The van der Waals surface area contributed by atoms with Gasteiger partial charge in [-0.15, -0.1) is 0 Å². The van der Waals surface area contributed by atoms with Crippen molar-refractivity contribution in [1.29, 1.82) is 0 Å². The van der Waals surface area contributed by atoms with Gasteiger partial charge in [0.1, 0.15) is 5.75 Å². The van der Waals surface area contributed by atoms with Crippen LogP contribution in [-0.2, 0) is 0 Å². The summed E-state index contributed by atoms with van der Waals surface area (Å²) < 4.78 is 5.44. The van der Waals surface area contributed by atoms with Gasteiger partial charge in [-0.1, -0.05) is 19.1 Å². The molecular formula is C13H19NO2. The van der Waals surface area contributed by atoms with Crippen molar-refractivity contribution in [2.75, 3.05) is 13.2 Å². The van der Waals surface area contributed by atoms with Crippen LogP contribution in [0.1, 0.15) is 30.6 Å². The summed E-state index contributed by atoms with van der Waals surface area (Å²) in [5, 5.41) is 0. The van der Waals surface area contributed by atoms with Crippen LogP contribution in [-0.4, -0.2) is 18.9 Å². The zero-order valence-corrected chi connectivity index (χ0v) is 9.90. The lowest BCUT2D eigenvalue weighted by molar-refractivity contribution is 0.0917. The zero-order valence-electron chi connectivity index (χ0n) is 9.90. The van der Waals surface area contributed by atoms with Gasteiger partial charge in [0.05, 0.1) is 12.2 Å². The van der Waals surface area contributed by atoms with Crippen LogP contribution < -0.4 is 10.5 Å². The Morgan fingerprint density at radius 1 is 1.38 bits per heavy atom. The van der Waals surface area contributed by atoms with Crippen LogP contribution in [0.15, 0.2) is 24.3 Å². The molecule has 1 rings (SSSR count). The fourth-order valence-electron chi connectivity index (χ4n) is 1.63. The maximum Gasteiger partial charge on any atom is 0.170 e. The molecule has 2 N–H and O–H groups in total. The molecule has 1 atom stereocenters. The maximum atomic E-state index is 12.1. The molecule has 0 aliphatic rings. The number of benzene rings is 1. The number of ether oxygens (including phenoxy) is 1. The molecule has 3 heteroatoms. The molecule has 1 aromatic rings. The molecule has 0 saturated carbocycles. The molecule has 0 bridgehead atoms. The van der Waals surface area contributed by atoms with Crippen LogP contribution >= 0.6 is 0 Å². The van der Waals surface area contributed by atoms with E-state index in [2.05, 4.69) is 0 Å². The van der Waals surface area contributed by atoms with Crippen molar-refractivity contribution in [3.05, 3.63) is 29.8 Å². The lowest BCUT2D eigenvalue weighted by Gasteiger charge is -2.14. The van der Waals surface area contributed by atoms with Crippen LogP contribution in [0.2, 0.25) is 0 Å². The highest BCUT2D eigenvalue weighted by molar-refractivity contribution is 6.00. The summed E-state index contributed by atoms with van der Waals surface area (Å²) >= 11 is 0. The highest BCUT2D eigenvalue weighted by atomic mass is 16.5. The Balaban J connectivity index is 2.97. The number of nitrogens with two attached hydrogens (primary N) is 1. The molecule has 1 aromatic carbocycles. The smallest absolute Gasteiger partial charge is 0.170 e. The number of carbonyl (C=O) groups is 1. The third-order valence-electron chi connectivity index (χ3n) is 2.60. The Hall–Kier alpha value is -1.35. The summed E-state index contributed by atoms with van der Waals surface area (Å²) in [5.41, 5.74) is 6.22. The normalized spacial score (nSPS) is 12.2. The lowest BCUT2D eigenvalue weighted by Crippen LogP contribution is -2.23. The van der Waals surface area contributed by atoms with Gasteiger partial charge in [0.2, 0.25) is 0 Å².